The second kappa shape index (κ2) is 5.55. The Labute approximate surface area is 129 Å². The van der Waals surface area contributed by atoms with Gasteiger partial charge in [0.05, 0.1) is 22.0 Å². The van der Waals surface area contributed by atoms with Gasteiger partial charge in [-0.3, -0.25) is 4.79 Å². The van der Waals surface area contributed by atoms with Gasteiger partial charge in [0.2, 0.25) is 5.91 Å². The molecule has 2 bridgehead atoms. The molecule has 0 spiro atoms. The van der Waals surface area contributed by atoms with E-state index in [1.807, 2.05) is 19.1 Å². The topological polar surface area (TPSA) is 41.1 Å². The minimum absolute atomic E-state index is 0.0589. The molecular formula is C15H18Cl2N2O. The zero-order valence-corrected chi connectivity index (χ0v) is 12.8. The minimum Gasteiger partial charge on any atom is -0.349 e. The third-order valence-corrected chi connectivity index (χ3v) is 5.18. The van der Waals surface area contributed by atoms with E-state index in [1.165, 1.54) is 6.42 Å². The molecule has 0 radical (unpaired) electrons. The first-order valence-electron chi connectivity index (χ1n) is 7.06. The number of hydrogen-bond donors (Lipinski definition) is 2. The van der Waals surface area contributed by atoms with Crippen molar-refractivity contribution in [3.63, 3.8) is 0 Å². The molecule has 2 saturated heterocycles. The minimum atomic E-state index is -0.0589. The van der Waals surface area contributed by atoms with Crippen LogP contribution in [0.2, 0.25) is 10.0 Å². The van der Waals surface area contributed by atoms with Crippen molar-refractivity contribution in [1.29, 1.82) is 0 Å². The summed E-state index contributed by atoms with van der Waals surface area (Å²) in [4.78, 5) is 12.4. The van der Waals surface area contributed by atoms with Gasteiger partial charge in [-0.05, 0) is 43.9 Å². The maximum atomic E-state index is 12.4. The van der Waals surface area contributed by atoms with Gasteiger partial charge in [-0.1, -0.05) is 29.3 Å². The summed E-state index contributed by atoms with van der Waals surface area (Å²) in [7, 11) is 0. The molecule has 5 heteroatoms. The molecule has 20 heavy (non-hydrogen) atoms. The van der Waals surface area contributed by atoms with Crippen molar-refractivity contribution >= 4 is 29.1 Å². The second-order valence-electron chi connectivity index (χ2n) is 5.79. The summed E-state index contributed by atoms with van der Waals surface area (Å²) >= 11 is 11.9. The maximum absolute atomic E-state index is 12.4. The lowest BCUT2D eigenvalue weighted by Gasteiger charge is -2.22. The molecule has 1 aromatic carbocycles. The summed E-state index contributed by atoms with van der Waals surface area (Å²) in [5.41, 5.74) is 0.976. The molecule has 3 nitrogen and oxygen atoms in total. The van der Waals surface area contributed by atoms with Crippen molar-refractivity contribution in [3.05, 3.63) is 33.8 Å². The van der Waals surface area contributed by atoms with Crippen molar-refractivity contribution in [2.45, 2.75) is 44.3 Å². The van der Waals surface area contributed by atoms with E-state index >= 15 is 0 Å². The Kier molecular flexibility index (Phi) is 3.93. The molecule has 0 saturated carbocycles. The van der Waals surface area contributed by atoms with Gasteiger partial charge >= 0.3 is 0 Å². The highest BCUT2D eigenvalue weighted by molar-refractivity contribution is 6.42. The standard InChI is InChI=1S/C15H18Cl2N2O/c1-8(9-2-4-12(16)13(17)6-9)18-15(20)11-7-10-3-5-14(11)19-10/h2,4,6,8,10-11,14,19H,3,5,7H2,1H3,(H,18,20). The van der Waals surface area contributed by atoms with Gasteiger partial charge in [0.15, 0.2) is 0 Å². The van der Waals surface area contributed by atoms with Crippen LogP contribution in [0.15, 0.2) is 18.2 Å². The summed E-state index contributed by atoms with van der Waals surface area (Å²) in [6.07, 6.45) is 3.28. The van der Waals surface area contributed by atoms with Crippen LogP contribution >= 0.6 is 23.2 Å². The Hall–Kier alpha value is -0.770. The van der Waals surface area contributed by atoms with Crippen molar-refractivity contribution in [1.82, 2.24) is 10.6 Å². The highest BCUT2D eigenvalue weighted by Crippen LogP contribution is 2.34. The SMILES string of the molecule is CC(NC(=O)C1CC2CCC1N2)c1ccc(Cl)c(Cl)c1. The number of benzene rings is 1. The summed E-state index contributed by atoms with van der Waals surface area (Å²) in [5, 5.41) is 7.63. The Bertz CT molecular complexity index is 535. The first-order valence-corrected chi connectivity index (χ1v) is 7.81. The van der Waals surface area contributed by atoms with Crippen molar-refractivity contribution in [2.75, 3.05) is 0 Å². The molecule has 4 unspecified atom stereocenters. The summed E-state index contributed by atoms with van der Waals surface area (Å²) < 4.78 is 0. The first kappa shape index (κ1) is 14.2. The number of carbonyl (C=O) groups is 1. The molecule has 0 aliphatic carbocycles. The fourth-order valence-electron chi connectivity index (χ4n) is 3.30. The lowest BCUT2D eigenvalue weighted by atomic mass is 9.88. The third kappa shape index (κ3) is 2.67. The van der Waals surface area contributed by atoms with Gasteiger partial charge in [-0.25, -0.2) is 0 Å². The van der Waals surface area contributed by atoms with E-state index in [0.717, 1.165) is 18.4 Å². The molecule has 4 atom stereocenters. The molecule has 2 aliphatic heterocycles. The number of amides is 1. The fraction of sp³-hybridized carbons (Fsp3) is 0.533. The molecule has 2 fully saturated rings. The van der Waals surface area contributed by atoms with E-state index in [2.05, 4.69) is 10.6 Å². The number of rotatable bonds is 3. The molecule has 2 heterocycles. The van der Waals surface area contributed by atoms with Crippen LogP contribution < -0.4 is 10.6 Å². The monoisotopic (exact) mass is 312 g/mol. The van der Waals surface area contributed by atoms with Crippen LogP contribution in [0.5, 0.6) is 0 Å². The Morgan fingerprint density at radius 2 is 2.15 bits per heavy atom. The van der Waals surface area contributed by atoms with Crippen LogP contribution in [0.25, 0.3) is 0 Å². The summed E-state index contributed by atoms with van der Waals surface area (Å²) in [6, 6.07) is 6.32. The number of hydrogen-bond acceptors (Lipinski definition) is 2. The third-order valence-electron chi connectivity index (χ3n) is 4.44. The van der Waals surface area contributed by atoms with Crippen molar-refractivity contribution in [3.8, 4) is 0 Å². The smallest absolute Gasteiger partial charge is 0.225 e. The van der Waals surface area contributed by atoms with Crippen LogP contribution in [0.1, 0.15) is 37.8 Å². The number of carbonyl (C=O) groups excluding carboxylic acids is 1. The van der Waals surface area contributed by atoms with Gasteiger partial charge in [-0.15, -0.1) is 0 Å². The quantitative estimate of drug-likeness (QED) is 0.899. The molecule has 1 amide bonds. The van der Waals surface area contributed by atoms with E-state index in [0.29, 0.717) is 22.1 Å². The average Bonchev–Trinajstić information content (AvgIpc) is 3.04. The Morgan fingerprint density at radius 3 is 2.75 bits per heavy atom. The predicted octanol–water partition coefficient (Wildman–Crippen LogP) is 3.31. The van der Waals surface area contributed by atoms with Gasteiger partial charge in [0.25, 0.3) is 0 Å². The molecule has 2 aliphatic rings. The predicted molar refractivity (Wildman–Crippen MR) is 81.1 cm³/mol. The van der Waals surface area contributed by atoms with Crippen molar-refractivity contribution < 1.29 is 4.79 Å². The molecule has 108 valence electrons. The highest BCUT2D eigenvalue weighted by atomic mass is 35.5. The van der Waals surface area contributed by atoms with Crippen LogP contribution in [0.3, 0.4) is 0 Å². The summed E-state index contributed by atoms with van der Waals surface area (Å²) in [5.74, 6) is 0.252. The largest absolute Gasteiger partial charge is 0.349 e. The maximum Gasteiger partial charge on any atom is 0.225 e. The summed E-state index contributed by atoms with van der Waals surface area (Å²) in [6.45, 7) is 1.97. The molecule has 3 rings (SSSR count). The highest BCUT2D eigenvalue weighted by Gasteiger charge is 2.42. The number of fused-ring (bicyclic) bond motifs is 2. The molecule has 1 aromatic rings. The zero-order chi connectivity index (χ0) is 14.3. The van der Waals surface area contributed by atoms with Gasteiger partial charge in [-0.2, -0.15) is 0 Å². The van der Waals surface area contributed by atoms with Gasteiger partial charge < -0.3 is 10.6 Å². The lowest BCUT2D eigenvalue weighted by molar-refractivity contribution is -0.126. The number of nitrogens with one attached hydrogen (secondary N) is 2. The fourth-order valence-corrected chi connectivity index (χ4v) is 3.61. The average molecular weight is 313 g/mol. The number of halogens is 2. The van der Waals surface area contributed by atoms with Crippen LogP contribution in [0.4, 0.5) is 0 Å². The molecule has 0 aromatic heterocycles. The van der Waals surface area contributed by atoms with Crippen LogP contribution in [-0.4, -0.2) is 18.0 Å². The van der Waals surface area contributed by atoms with Gasteiger partial charge in [0.1, 0.15) is 0 Å². The zero-order valence-electron chi connectivity index (χ0n) is 11.3. The first-order chi connectivity index (χ1) is 9.54. The van der Waals surface area contributed by atoms with Crippen LogP contribution in [-0.2, 0) is 4.79 Å². The van der Waals surface area contributed by atoms with Crippen LogP contribution in [0, 0.1) is 5.92 Å². The van der Waals surface area contributed by atoms with E-state index in [-0.39, 0.29) is 17.9 Å². The molecule has 2 N–H and O–H groups in total. The van der Waals surface area contributed by atoms with E-state index < -0.39 is 0 Å². The Balaban J connectivity index is 1.65. The molecular weight excluding hydrogens is 295 g/mol. The van der Waals surface area contributed by atoms with E-state index in [4.69, 9.17) is 23.2 Å². The van der Waals surface area contributed by atoms with E-state index in [9.17, 15) is 4.79 Å². The second-order valence-corrected chi connectivity index (χ2v) is 6.61. The Morgan fingerprint density at radius 1 is 1.35 bits per heavy atom. The lowest BCUT2D eigenvalue weighted by Crippen LogP contribution is -2.38. The van der Waals surface area contributed by atoms with E-state index in [1.54, 1.807) is 6.07 Å². The van der Waals surface area contributed by atoms with Crippen molar-refractivity contribution in [2.24, 2.45) is 5.92 Å². The van der Waals surface area contributed by atoms with Gasteiger partial charge in [0, 0.05) is 12.1 Å². The normalized spacial score (nSPS) is 29.4.